The lowest BCUT2D eigenvalue weighted by Crippen LogP contribution is -2.43. The number of carbonyl (C=O) groups excluding carboxylic acids is 1. The molecule has 2 atom stereocenters. The molecule has 2 aromatic heterocycles. The highest BCUT2D eigenvalue weighted by atomic mass is 19.1. The number of aromatic nitrogens is 2. The molecule has 1 aliphatic rings. The van der Waals surface area contributed by atoms with Crippen molar-refractivity contribution in [2.75, 3.05) is 10.6 Å². The summed E-state index contributed by atoms with van der Waals surface area (Å²) >= 11 is 0. The molecule has 0 bridgehead atoms. The SMILES string of the molecule is NC(=O)c1cc(F)c(N[C@@H]2CCCC[C@@H]2N)nc1Nc1ccncc1. The normalized spacial score (nSPS) is 20.1. The lowest BCUT2D eigenvalue weighted by Gasteiger charge is -2.30. The van der Waals surface area contributed by atoms with Crippen molar-refractivity contribution in [1.29, 1.82) is 0 Å². The van der Waals surface area contributed by atoms with Crippen LogP contribution in [0.25, 0.3) is 0 Å². The van der Waals surface area contributed by atoms with Gasteiger partial charge in [0.25, 0.3) is 5.91 Å². The van der Waals surface area contributed by atoms with Gasteiger partial charge in [0.05, 0.1) is 5.56 Å². The molecule has 8 heteroatoms. The first kappa shape index (κ1) is 17.1. The molecule has 7 nitrogen and oxygen atoms in total. The van der Waals surface area contributed by atoms with Gasteiger partial charge in [-0.25, -0.2) is 9.37 Å². The molecule has 2 heterocycles. The predicted octanol–water partition coefficient (Wildman–Crippen LogP) is 2.14. The molecule has 1 saturated carbocycles. The Bertz CT molecular complexity index is 754. The summed E-state index contributed by atoms with van der Waals surface area (Å²) < 4.78 is 14.4. The fourth-order valence-electron chi connectivity index (χ4n) is 2.96. The Labute approximate surface area is 145 Å². The molecule has 25 heavy (non-hydrogen) atoms. The van der Waals surface area contributed by atoms with E-state index in [0.717, 1.165) is 31.7 Å². The monoisotopic (exact) mass is 344 g/mol. The van der Waals surface area contributed by atoms with E-state index in [-0.39, 0.29) is 29.3 Å². The van der Waals surface area contributed by atoms with Crippen LogP contribution in [0.15, 0.2) is 30.6 Å². The van der Waals surface area contributed by atoms with E-state index < -0.39 is 11.7 Å². The van der Waals surface area contributed by atoms with Crippen LogP contribution in [0.1, 0.15) is 36.0 Å². The van der Waals surface area contributed by atoms with Crippen LogP contribution in [0.3, 0.4) is 0 Å². The lowest BCUT2D eigenvalue weighted by molar-refractivity contribution is 0.100. The first-order valence-electron chi connectivity index (χ1n) is 8.24. The highest BCUT2D eigenvalue weighted by Gasteiger charge is 2.24. The fraction of sp³-hybridized carbons (Fsp3) is 0.353. The number of nitrogens with zero attached hydrogens (tertiary/aromatic N) is 2. The minimum Gasteiger partial charge on any atom is -0.365 e. The number of hydrogen-bond acceptors (Lipinski definition) is 6. The van der Waals surface area contributed by atoms with E-state index in [4.69, 9.17) is 11.5 Å². The van der Waals surface area contributed by atoms with E-state index in [9.17, 15) is 9.18 Å². The topological polar surface area (TPSA) is 119 Å². The van der Waals surface area contributed by atoms with Crippen molar-refractivity contribution in [1.82, 2.24) is 9.97 Å². The fourth-order valence-corrected chi connectivity index (χ4v) is 2.96. The van der Waals surface area contributed by atoms with Crippen LogP contribution in [-0.2, 0) is 0 Å². The summed E-state index contributed by atoms with van der Waals surface area (Å²) in [4.78, 5) is 19.8. The summed E-state index contributed by atoms with van der Waals surface area (Å²) in [6.07, 6.45) is 7.04. The van der Waals surface area contributed by atoms with Crippen molar-refractivity contribution in [3.63, 3.8) is 0 Å². The molecule has 132 valence electrons. The molecule has 1 fully saturated rings. The van der Waals surface area contributed by atoms with Crippen LogP contribution >= 0.6 is 0 Å². The number of amides is 1. The van der Waals surface area contributed by atoms with E-state index in [2.05, 4.69) is 20.6 Å². The minimum atomic E-state index is -0.760. The number of anilines is 3. The van der Waals surface area contributed by atoms with E-state index >= 15 is 0 Å². The molecular formula is C17H21FN6O. The second kappa shape index (κ2) is 7.43. The number of hydrogen-bond donors (Lipinski definition) is 4. The van der Waals surface area contributed by atoms with Crippen molar-refractivity contribution in [2.24, 2.45) is 11.5 Å². The quantitative estimate of drug-likeness (QED) is 0.660. The van der Waals surface area contributed by atoms with E-state index in [1.54, 1.807) is 24.5 Å². The van der Waals surface area contributed by atoms with Crippen LogP contribution in [0.5, 0.6) is 0 Å². The molecule has 0 aliphatic heterocycles. The number of nitrogens with two attached hydrogens (primary N) is 2. The lowest BCUT2D eigenvalue weighted by atomic mass is 9.91. The number of rotatable bonds is 5. The Hall–Kier alpha value is -2.74. The summed E-state index contributed by atoms with van der Waals surface area (Å²) in [5.74, 6) is -1.15. The number of pyridine rings is 2. The summed E-state index contributed by atoms with van der Waals surface area (Å²) in [7, 11) is 0. The smallest absolute Gasteiger partial charge is 0.252 e. The van der Waals surface area contributed by atoms with Gasteiger partial charge in [-0.3, -0.25) is 9.78 Å². The van der Waals surface area contributed by atoms with Gasteiger partial charge < -0.3 is 22.1 Å². The molecule has 6 N–H and O–H groups in total. The average molecular weight is 344 g/mol. The van der Waals surface area contributed by atoms with Crippen molar-refractivity contribution in [2.45, 2.75) is 37.8 Å². The Kier molecular flexibility index (Phi) is 5.08. The van der Waals surface area contributed by atoms with Gasteiger partial charge in [0.2, 0.25) is 0 Å². The van der Waals surface area contributed by atoms with Crippen molar-refractivity contribution in [3.8, 4) is 0 Å². The average Bonchev–Trinajstić information content (AvgIpc) is 2.60. The molecule has 3 rings (SSSR count). The van der Waals surface area contributed by atoms with Crippen LogP contribution in [0.4, 0.5) is 21.7 Å². The summed E-state index contributed by atoms with van der Waals surface area (Å²) in [6, 6.07) is 4.40. The van der Waals surface area contributed by atoms with E-state index in [1.807, 2.05) is 0 Å². The zero-order valence-electron chi connectivity index (χ0n) is 13.7. The first-order valence-corrected chi connectivity index (χ1v) is 8.24. The number of nitrogens with one attached hydrogen (secondary N) is 2. The second-order valence-corrected chi connectivity index (χ2v) is 6.14. The Morgan fingerprint density at radius 2 is 1.92 bits per heavy atom. The minimum absolute atomic E-state index is 0.0206. The molecule has 0 saturated heterocycles. The summed E-state index contributed by atoms with van der Waals surface area (Å²) in [5, 5.41) is 6.06. The van der Waals surface area contributed by atoms with Gasteiger partial charge in [-0.15, -0.1) is 0 Å². The van der Waals surface area contributed by atoms with Crippen molar-refractivity contribution >= 4 is 23.2 Å². The van der Waals surface area contributed by atoms with Gasteiger partial charge in [0, 0.05) is 30.2 Å². The van der Waals surface area contributed by atoms with E-state index in [1.165, 1.54) is 0 Å². The third-order valence-corrected chi connectivity index (χ3v) is 4.33. The Morgan fingerprint density at radius 1 is 1.20 bits per heavy atom. The van der Waals surface area contributed by atoms with Crippen LogP contribution in [0.2, 0.25) is 0 Å². The zero-order chi connectivity index (χ0) is 17.8. The predicted molar refractivity (Wildman–Crippen MR) is 94.1 cm³/mol. The molecule has 1 aliphatic carbocycles. The highest BCUT2D eigenvalue weighted by molar-refractivity contribution is 5.98. The van der Waals surface area contributed by atoms with Gasteiger partial charge in [0.1, 0.15) is 5.82 Å². The number of halogens is 1. The first-order chi connectivity index (χ1) is 12.0. The van der Waals surface area contributed by atoms with Crippen molar-refractivity contribution in [3.05, 3.63) is 42.0 Å². The maximum atomic E-state index is 14.4. The van der Waals surface area contributed by atoms with Gasteiger partial charge in [0.15, 0.2) is 11.6 Å². The third kappa shape index (κ3) is 4.03. The Balaban J connectivity index is 1.91. The van der Waals surface area contributed by atoms with Crippen molar-refractivity contribution < 1.29 is 9.18 Å². The van der Waals surface area contributed by atoms with Gasteiger partial charge in [-0.05, 0) is 31.0 Å². The van der Waals surface area contributed by atoms with Gasteiger partial charge in [-0.1, -0.05) is 12.8 Å². The Morgan fingerprint density at radius 3 is 2.60 bits per heavy atom. The van der Waals surface area contributed by atoms with E-state index in [0.29, 0.717) is 5.69 Å². The van der Waals surface area contributed by atoms with Crippen LogP contribution < -0.4 is 22.1 Å². The number of primary amides is 1. The summed E-state index contributed by atoms with van der Waals surface area (Å²) in [6.45, 7) is 0. The molecule has 0 radical (unpaired) electrons. The molecule has 0 aromatic carbocycles. The third-order valence-electron chi connectivity index (χ3n) is 4.33. The number of carbonyl (C=O) groups is 1. The molecular weight excluding hydrogens is 323 g/mol. The summed E-state index contributed by atoms with van der Waals surface area (Å²) in [5.41, 5.74) is 12.1. The second-order valence-electron chi connectivity index (χ2n) is 6.14. The van der Waals surface area contributed by atoms with Crippen LogP contribution in [0, 0.1) is 5.82 Å². The molecule has 0 spiro atoms. The van der Waals surface area contributed by atoms with Crippen LogP contribution in [-0.4, -0.2) is 28.0 Å². The standard InChI is InChI=1S/C17H21FN6O/c18-12-9-11(15(20)25)16(22-10-5-7-21-8-6-10)24-17(12)23-14-4-2-1-3-13(14)19/h5-9,13-14H,1-4,19H2,(H2,20,25)(H2,21,22,23,24)/t13-,14+/m0/s1. The maximum Gasteiger partial charge on any atom is 0.252 e. The largest absolute Gasteiger partial charge is 0.365 e. The van der Waals surface area contributed by atoms with Gasteiger partial charge >= 0.3 is 0 Å². The van der Waals surface area contributed by atoms with Gasteiger partial charge in [-0.2, -0.15) is 0 Å². The zero-order valence-corrected chi connectivity index (χ0v) is 13.7. The maximum absolute atomic E-state index is 14.4. The highest BCUT2D eigenvalue weighted by Crippen LogP contribution is 2.26. The molecule has 0 unspecified atom stereocenters. The molecule has 2 aromatic rings. The molecule has 1 amide bonds.